The van der Waals surface area contributed by atoms with Crippen molar-refractivity contribution in [1.82, 2.24) is 9.97 Å². The van der Waals surface area contributed by atoms with Gasteiger partial charge in [0.25, 0.3) is 0 Å². The van der Waals surface area contributed by atoms with Crippen LogP contribution < -0.4 is 10.6 Å². The molecular formula is C17H24N4O. The first-order valence-corrected chi connectivity index (χ1v) is 7.53. The van der Waals surface area contributed by atoms with E-state index in [1.165, 1.54) is 11.1 Å². The SMILES string of the molecule is COCCNc1cc(Nc2c(C)cccc2C(C)C)ncn1. The van der Waals surface area contributed by atoms with Crippen molar-refractivity contribution >= 4 is 17.3 Å². The van der Waals surface area contributed by atoms with Gasteiger partial charge in [-0.25, -0.2) is 9.97 Å². The average Bonchev–Trinajstić information content (AvgIpc) is 2.50. The summed E-state index contributed by atoms with van der Waals surface area (Å²) in [5.41, 5.74) is 3.62. The van der Waals surface area contributed by atoms with Gasteiger partial charge in [-0.15, -0.1) is 0 Å². The van der Waals surface area contributed by atoms with Gasteiger partial charge in [0.1, 0.15) is 18.0 Å². The Balaban J connectivity index is 2.19. The van der Waals surface area contributed by atoms with Crippen molar-refractivity contribution in [2.24, 2.45) is 0 Å². The van der Waals surface area contributed by atoms with Crippen molar-refractivity contribution < 1.29 is 4.74 Å². The van der Waals surface area contributed by atoms with Gasteiger partial charge in [-0.05, 0) is 24.0 Å². The first-order chi connectivity index (χ1) is 10.6. The molecular weight excluding hydrogens is 276 g/mol. The van der Waals surface area contributed by atoms with E-state index in [1.54, 1.807) is 13.4 Å². The predicted octanol–water partition coefficient (Wildman–Crippen LogP) is 3.71. The summed E-state index contributed by atoms with van der Waals surface area (Å²) >= 11 is 0. The maximum absolute atomic E-state index is 5.03. The molecule has 1 heterocycles. The maximum Gasteiger partial charge on any atom is 0.135 e. The summed E-state index contributed by atoms with van der Waals surface area (Å²) in [6.07, 6.45) is 1.56. The molecule has 0 spiro atoms. The Morgan fingerprint density at radius 2 is 1.95 bits per heavy atom. The topological polar surface area (TPSA) is 59.1 Å². The second-order valence-electron chi connectivity index (χ2n) is 5.53. The van der Waals surface area contributed by atoms with Gasteiger partial charge in [0.05, 0.1) is 6.61 Å². The van der Waals surface area contributed by atoms with Crippen molar-refractivity contribution in [1.29, 1.82) is 0 Å². The Kier molecular flexibility index (Phi) is 5.72. The molecule has 0 bridgehead atoms. The molecule has 0 saturated carbocycles. The molecule has 0 aliphatic rings. The van der Waals surface area contributed by atoms with Crippen molar-refractivity contribution in [2.45, 2.75) is 26.7 Å². The second kappa shape index (κ2) is 7.75. The number of hydrogen-bond acceptors (Lipinski definition) is 5. The minimum atomic E-state index is 0.448. The molecule has 2 rings (SSSR count). The molecule has 0 aliphatic heterocycles. The minimum Gasteiger partial charge on any atom is -0.383 e. The highest BCUT2D eigenvalue weighted by molar-refractivity contribution is 5.66. The lowest BCUT2D eigenvalue weighted by atomic mass is 9.98. The molecule has 22 heavy (non-hydrogen) atoms. The molecule has 0 unspecified atom stereocenters. The summed E-state index contributed by atoms with van der Waals surface area (Å²) < 4.78 is 5.03. The molecule has 5 heteroatoms. The van der Waals surface area contributed by atoms with Crippen LogP contribution in [0.15, 0.2) is 30.6 Å². The van der Waals surface area contributed by atoms with Crippen LogP contribution in [0.5, 0.6) is 0 Å². The normalized spacial score (nSPS) is 10.8. The molecule has 2 N–H and O–H groups in total. The van der Waals surface area contributed by atoms with Crippen LogP contribution in [0.1, 0.15) is 30.9 Å². The highest BCUT2D eigenvalue weighted by Crippen LogP contribution is 2.29. The van der Waals surface area contributed by atoms with Crippen molar-refractivity contribution in [3.05, 3.63) is 41.7 Å². The van der Waals surface area contributed by atoms with Crippen LogP contribution in [-0.4, -0.2) is 30.2 Å². The fourth-order valence-corrected chi connectivity index (χ4v) is 2.27. The lowest BCUT2D eigenvalue weighted by Gasteiger charge is -2.17. The maximum atomic E-state index is 5.03. The molecule has 0 radical (unpaired) electrons. The van der Waals surface area contributed by atoms with E-state index in [2.05, 4.69) is 59.6 Å². The van der Waals surface area contributed by atoms with Crippen LogP contribution in [0.25, 0.3) is 0 Å². The third-order valence-electron chi connectivity index (χ3n) is 3.46. The van der Waals surface area contributed by atoms with Gasteiger partial charge in [0.15, 0.2) is 0 Å². The fourth-order valence-electron chi connectivity index (χ4n) is 2.27. The van der Waals surface area contributed by atoms with Crippen LogP contribution in [0.4, 0.5) is 17.3 Å². The largest absolute Gasteiger partial charge is 0.383 e. The quantitative estimate of drug-likeness (QED) is 0.763. The smallest absolute Gasteiger partial charge is 0.135 e. The summed E-state index contributed by atoms with van der Waals surface area (Å²) in [6, 6.07) is 8.26. The number of rotatable bonds is 7. The molecule has 0 aliphatic carbocycles. The molecule has 0 fully saturated rings. The number of aromatic nitrogens is 2. The summed E-state index contributed by atoms with van der Waals surface area (Å²) in [5.74, 6) is 2.02. The number of methoxy groups -OCH3 is 1. The number of hydrogen-bond donors (Lipinski definition) is 2. The Morgan fingerprint density at radius 3 is 2.68 bits per heavy atom. The third kappa shape index (κ3) is 4.18. The summed E-state index contributed by atoms with van der Waals surface area (Å²) in [5, 5.41) is 6.64. The van der Waals surface area contributed by atoms with E-state index in [9.17, 15) is 0 Å². The highest BCUT2D eigenvalue weighted by atomic mass is 16.5. The van der Waals surface area contributed by atoms with E-state index >= 15 is 0 Å². The standard InChI is InChI=1S/C17H24N4O/c1-12(2)14-7-5-6-13(3)17(14)21-16-10-15(19-11-20-16)18-8-9-22-4/h5-7,10-12H,8-9H2,1-4H3,(H2,18,19,20,21). The lowest BCUT2D eigenvalue weighted by molar-refractivity contribution is 0.210. The first-order valence-electron chi connectivity index (χ1n) is 7.53. The van der Waals surface area contributed by atoms with Gasteiger partial charge in [-0.3, -0.25) is 0 Å². The van der Waals surface area contributed by atoms with Crippen LogP contribution in [0.2, 0.25) is 0 Å². The predicted molar refractivity (Wildman–Crippen MR) is 90.9 cm³/mol. The fraction of sp³-hybridized carbons (Fsp3) is 0.412. The van der Waals surface area contributed by atoms with Crippen LogP contribution >= 0.6 is 0 Å². The van der Waals surface area contributed by atoms with E-state index < -0.39 is 0 Å². The number of anilines is 3. The number of nitrogens with one attached hydrogen (secondary N) is 2. The van der Waals surface area contributed by atoms with Gasteiger partial charge in [-0.2, -0.15) is 0 Å². The number of para-hydroxylation sites is 1. The number of nitrogens with zero attached hydrogens (tertiary/aromatic N) is 2. The van der Waals surface area contributed by atoms with E-state index in [1.807, 2.05) is 6.07 Å². The zero-order valence-electron chi connectivity index (χ0n) is 13.7. The van der Waals surface area contributed by atoms with Crippen LogP contribution in [0, 0.1) is 6.92 Å². The van der Waals surface area contributed by atoms with E-state index in [0.29, 0.717) is 19.1 Å². The summed E-state index contributed by atoms with van der Waals surface area (Å²) in [4.78, 5) is 8.53. The minimum absolute atomic E-state index is 0.448. The lowest BCUT2D eigenvalue weighted by Crippen LogP contribution is -2.09. The summed E-state index contributed by atoms with van der Waals surface area (Å²) in [7, 11) is 1.68. The van der Waals surface area contributed by atoms with Gasteiger partial charge in [-0.1, -0.05) is 32.0 Å². The van der Waals surface area contributed by atoms with E-state index in [0.717, 1.165) is 17.3 Å². The zero-order valence-corrected chi connectivity index (χ0v) is 13.7. The van der Waals surface area contributed by atoms with Gasteiger partial charge >= 0.3 is 0 Å². The Hall–Kier alpha value is -2.14. The number of ether oxygens (including phenoxy) is 1. The van der Waals surface area contributed by atoms with Gasteiger partial charge in [0, 0.05) is 25.4 Å². The molecule has 1 aromatic heterocycles. The summed E-state index contributed by atoms with van der Waals surface area (Å²) in [6.45, 7) is 7.85. The molecule has 0 amide bonds. The highest BCUT2D eigenvalue weighted by Gasteiger charge is 2.10. The van der Waals surface area contributed by atoms with Gasteiger partial charge in [0.2, 0.25) is 0 Å². The van der Waals surface area contributed by atoms with E-state index in [4.69, 9.17) is 4.74 Å². The molecule has 5 nitrogen and oxygen atoms in total. The third-order valence-corrected chi connectivity index (χ3v) is 3.46. The van der Waals surface area contributed by atoms with Crippen molar-refractivity contribution in [2.75, 3.05) is 30.9 Å². The first kappa shape index (κ1) is 16.2. The molecule has 0 atom stereocenters. The van der Waals surface area contributed by atoms with Gasteiger partial charge < -0.3 is 15.4 Å². The Morgan fingerprint density at radius 1 is 1.18 bits per heavy atom. The van der Waals surface area contributed by atoms with Crippen LogP contribution in [0.3, 0.4) is 0 Å². The van der Waals surface area contributed by atoms with Crippen LogP contribution in [-0.2, 0) is 4.74 Å². The average molecular weight is 300 g/mol. The Bertz CT molecular complexity index is 613. The molecule has 118 valence electrons. The zero-order chi connectivity index (χ0) is 15.9. The Labute approximate surface area is 132 Å². The molecule has 1 aromatic carbocycles. The number of aryl methyl sites for hydroxylation is 1. The molecule has 0 saturated heterocycles. The van der Waals surface area contributed by atoms with E-state index in [-0.39, 0.29) is 0 Å². The van der Waals surface area contributed by atoms with Crippen molar-refractivity contribution in [3.63, 3.8) is 0 Å². The monoisotopic (exact) mass is 300 g/mol. The molecule has 2 aromatic rings. The van der Waals surface area contributed by atoms with Crippen molar-refractivity contribution in [3.8, 4) is 0 Å². The second-order valence-corrected chi connectivity index (χ2v) is 5.53. The number of benzene rings is 1.